The van der Waals surface area contributed by atoms with Crippen LogP contribution in [0.5, 0.6) is 0 Å². The van der Waals surface area contributed by atoms with E-state index < -0.39 is 0 Å². The molecule has 0 aromatic rings. The molecule has 16 heavy (non-hydrogen) atoms. The molecule has 4 heteroatoms. The Labute approximate surface area is 101 Å². The molecule has 0 radical (unpaired) electrons. The van der Waals surface area contributed by atoms with Crippen molar-refractivity contribution in [1.29, 1.82) is 0 Å². The van der Waals surface area contributed by atoms with Crippen LogP contribution in [0.2, 0.25) is 0 Å². The maximum atomic E-state index is 5.90. The standard InChI is InChI=1S/C12H29N3O/c1-7-15(11(2)8-14(4)5)12(3,9-13)10-16-6/h11H,7-10,13H2,1-6H3. The molecule has 0 spiro atoms. The summed E-state index contributed by atoms with van der Waals surface area (Å²) in [6, 6.07) is 0.476. The van der Waals surface area contributed by atoms with Gasteiger partial charge in [0.25, 0.3) is 0 Å². The van der Waals surface area contributed by atoms with E-state index in [2.05, 4.69) is 44.7 Å². The second-order valence-corrected chi connectivity index (χ2v) is 5.03. The van der Waals surface area contributed by atoms with Crippen LogP contribution in [0.4, 0.5) is 0 Å². The smallest absolute Gasteiger partial charge is 0.0656 e. The maximum absolute atomic E-state index is 5.90. The van der Waals surface area contributed by atoms with Gasteiger partial charge in [0, 0.05) is 26.2 Å². The molecule has 0 aliphatic rings. The summed E-state index contributed by atoms with van der Waals surface area (Å²) in [5.41, 5.74) is 5.83. The van der Waals surface area contributed by atoms with Gasteiger partial charge >= 0.3 is 0 Å². The molecule has 0 aromatic carbocycles. The zero-order valence-corrected chi connectivity index (χ0v) is 11.8. The van der Waals surface area contributed by atoms with Gasteiger partial charge in [0.2, 0.25) is 0 Å². The molecule has 0 aliphatic carbocycles. The third-order valence-corrected chi connectivity index (χ3v) is 3.09. The second kappa shape index (κ2) is 7.22. The number of hydrogen-bond acceptors (Lipinski definition) is 4. The van der Waals surface area contributed by atoms with Gasteiger partial charge in [-0.1, -0.05) is 6.92 Å². The Hall–Kier alpha value is -0.160. The van der Waals surface area contributed by atoms with Gasteiger partial charge in [-0.05, 0) is 34.5 Å². The quantitative estimate of drug-likeness (QED) is 0.665. The summed E-state index contributed by atoms with van der Waals surface area (Å²) in [6.07, 6.45) is 0. The van der Waals surface area contributed by atoms with Crippen LogP contribution in [-0.4, -0.2) is 68.8 Å². The maximum Gasteiger partial charge on any atom is 0.0656 e. The Morgan fingerprint density at radius 2 is 1.94 bits per heavy atom. The summed E-state index contributed by atoms with van der Waals surface area (Å²) in [5.74, 6) is 0. The van der Waals surface area contributed by atoms with E-state index in [1.54, 1.807) is 7.11 Å². The minimum Gasteiger partial charge on any atom is -0.383 e. The Balaban J connectivity index is 4.65. The Bertz CT molecular complexity index is 187. The molecule has 2 N–H and O–H groups in total. The number of nitrogens with two attached hydrogens (primary N) is 1. The van der Waals surface area contributed by atoms with Gasteiger partial charge in [0.05, 0.1) is 12.1 Å². The lowest BCUT2D eigenvalue weighted by atomic mass is 9.98. The minimum absolute atomic E-state index is 0.0705. The van der Waals surface area contributed by atoms with Crippen LogP contribution in [0.15, 0.2) is 0 Å². The Morgan fingerprint density at radius 3 is 2.25 bits per heavy atom. The summed E-state index contributed by atoms with van der Waals surface area (Å²) in [7, 11) is 5.93. The number of rotatable bonds is 8. The number of hydrogen-bond donors (Lipinski definition) is 1. The first kappa shape index (κ1) is 15.8. The monoisotopic (exact) mass is 231 g/mol. The van der Waals surface area contributed by atoms with Crippen molar-refractivity contribution < 1.29 is 4.74 Å². The van der Waals surface area contributed by atoms with Gasteiger partial charge in [-0.3, -0.25) is 4.90 Å². The average molecular weight is 231 g/mol. The number of nitrogens with zero attached hydrogens (tertiary/aromatic N) is 2. The molecular formula is C12H29N3O. The van der Waals surface area contributed by atoms with Crippen molar-refractivity contribution in [3.05, 3.63) is 0 Å². The van der Waals surface area contributed by atoms with Crippen LogP contribution in [-0.2, 0) is 4.74 Å². The first-order valence-corrected chi connectivity index (χ1v) is 6.01. The van der Waals surface area contributed by atoms with Crippen LogP contribution in [0, 0.1) is 0 Å². The molecule has 0 aromatic heterocycles. The fourth-order valence-electron chi connectivity index (χ4n) is 2.42. The molecular weight excluding hydrogens is 202 g/mol. The lowest BCUT2D eigenvalue weighted by Crippen LogP contribution is -2.59. The van der Waals surface area contributed by atoms with Crippen molar-refractivity contribution in [2.45, 2.75) is 32.4 Å². The third-order valence-electron chi connectivity index (χ3n) is 3.09. The number of methoxy groups -OCH3 is 1. The zero-order chi connectivity index (χ0) is 12.8. The van der Waals surface area contributed by atoms with Crippen molar-refractivity contribution in [2.24, 2.45) is 5.73 Å². The molecule has 0 saturated carbocycles. The molecule has 2 atom stereocenters. The van der Waals surface area contributed by atoms with Gasteiger partial charge < -0.3 is 15.4 Å². The van der Waals surface area contributed by atoms with Gasteiger partial charge in [-0.15, -0.1) is 0 Å². The summed E-state index contributed by atoms with van der Waals surface area (Å²) in [6.45, 7) is 9.91. The van der Waals surface area contributed by atoms with E-state index >= 15 is 0 Å². The van der Waals surface area contributed by atoms with Crippen molar-refractivity contribution >= 4 is 0 Å². The first-order chi connectivity index (χ1) is 7.41. The largest absolute Gasteiger partial charge is 0.383 e. The highest BCUT2D eigenvalue weighted by Gasteiger charge is 2.32. The normalized spacial score (nSPS) is 17.8. The van der Waals surface area contributed by atoms with Crippen LogP contribution in [0.3, 0.4) is 0 Å². The summed E-state index contributed by atoms with van der Waals surface area (Å²) >= 11 is 0. The summed E-state index contributed by atoms with van der Waals surface area (Å²) in [4.78, 5) is 4.63. The lowest BCUT2D eigenvalue weighted by Gasteiger charge is -2.44. The zero-order valence-electron chi connectivity index (χ0n) is 11.8. The highest BCUT2D eigenvalue weighted by atomic mass is 16.5. The molecule has 0 saturated heterocycles. The Morgan fingerprint density at radius 1 is 1.38 bits per heavy atom. The highest BCUT2D eigenvalue weighted by molar-refractivity contribution is 4.90. The van der Waals surface area contributed by atoms with Crippen LogP contribution in [0.25, 0.3) is 0 Å². The van der Waals surface area contributed by atoms with Gasteiger partial charge in [0.15, 0.2) is 0 Å². The van der Waals surface area contributed by atoms with Crippen LogP contribution < -0.4 is 5.73 Å². The van der Waals surface area contributed by atoms with Gasteiger partial charge in [0.1, 0.15) is 0 Å². The van der Waals surface area contributed by atoms with E-state index in [0.717, 1.165) is 13.1 Å². The number of likely N-dealkylation sites (N-methyl/N-ethyl adjacent to an activating group) is 2. The topological polar surface area (TPSA) is 41.7 Å². The van der Waals surface area contributed by atoms with Crippen molar-refractivity contribution in [1.82, 2.24) is 9.80 Å². The van der Waals surface area contributed by atoms with Crippen LogP contribution in [0.1, 0.15) is 20.8 Å². The molecule has 98 valence electrons. The van der Waals surface area contributed by atoms with E-state index in [1.807, 2.05) is 0 Å². The van der Waals surface area contributed by atoms with Crippen LogP contribution >= 0.6 is 0 Å². The number of ether oxygens (including phenoxy) is 1. The molecule has 0 amide bonds. The first-order valence-electron chi connectivity index (χ1n) is 6.01. The predicted molar refractivity (Wildman–Crippen MR) is 69.7 cm³/mol. The van der Waals surface area contributed by atoms with E-state index in [1.165, 1.54) is 0 Å². The molecule has 4 nitrogen and oxygen atoms in total. The fraction of sp³-hybridized carbons (Fsp3) is 1.00. The lowest BCUT2D eigenvalue weighted by molar-refractivity contribution is 0.00111. The summed E-state index contributed by atoms with van der Waals surface area (Å²) < 4.78 is 5.30. The molecule has 0 aliphatic heterocycles. The highest BCUT2D eigenvalue weighted by Crippen LogP contribution is 2.17. The molecule has 2 unspecified atom stereocenters. The van der Waals surface area contributed by atoms with Crippen molar-refractivity contribution in [2.75, 3.05) is 47.4 Å². The third kappa shape index (κ3) is 4.37. The molecule has 0 rings (SSSR count). The SMILES string of the molecule is CCN(C(C)CN(C)C)C(C)(CN)COC. The van der Waals surface area contributed by atoms with E-state index in [-0.39, 0.29) is 5.54 Å². The predicted octanol–water partition coefficient (Wildman–Crippen LogP) is 0.622. The molecule has 0 bridgehead atoms. The van der Waals surface area contributed by atoms with Gasteiger partial charge in [-0.2, -0.15) is 0 Å². The minimum atomic E-state index is -0.0705. The van der Waals surface area contributed by atoms with E-state index in [9.17, 15) is 0 Å². The summed E-state index contributed by atoms with van der Waals surface area (Å²) in [5, 5.41) is 0. The van der Waals surface area contributed by atoms with E-state index in [4.69, 9.17) is 10.5 Å². The average Bonchev–Trinajstić information content (AvgIpc) is 2.17. The van der Waals surface area contributed by atoms with Gasteiger partial charge in [-0.25, -0.2) is 0 Å². The fourth-order valence-corrected chi connectivity index (χ4v) is 2.42. The Kier molecular flexibility index (Phi) is 7.15. The molecule has 0 fully saturated rings. The second-order valence-electron chi connectivity index (χ2n) is 5.03. The van der Waals surface area contributed by atoms with Crippen molar-refractivity contribution in [3.8, 4) is 0 Å². The van der Waals surface area contributed by atoms with Crippen molar-refractivity contribution in [3.63, 3.8) is 0 Å². The molecule has 0 heterocycles. The van der Waals surface area contributed by atoms with E-state index in [0.29, 0.717) is 19.2 Å².